The van der Waals surface area contributed by atoms with E-state index in [4.69, 9.17) is 9.97 Å². The highest BCUT2D eigenvalue weighted by atomic mass is 16.6. The molecule has 1 aliphatic rings. The predicted octanol–water partition coefficient (Wildman–Crippen LogP) is 4.21. The molecule has 1 aromatic heterocycles. The number of hydrogen-bond donors (Lipinski definition) is 1. The van der Waals surface area contributed by atoms with Crippen molar-refractivity contribution in [3.05, 3.63) is 76.0 Å². The van der Waals surface area contributed by atoms with Crippen LogP contribution in [0.15, 0.2) is 54.6 Å². The van der Waals surface area contributed by atoms with Crippen LogP contribution in [-0.2, 0) is 6.54 Å². The number of aryl methyl sites for hydroxylation is 1. The van der Waals surface area contributed by atoms with Crippen LogP contribution >= 0.6 is 0 Å². The van der Waals surface area contributed by atoms with Crippen molar-refractivity contribution >= 4 is 5.69 Å². The lowest BCUT2D eigenvalue weighted by atomic mass is 10.0. The number of benzene rings is 2. The average molecular weight is 418 g/mol. The highest BCUT2D eigenvalue weighted by Crippen LogP contribution is 2.29. The van der Waals surface area contributed by atoms with E-state index < -0.39 is 0 Å². The van der Waals surface area contributed by atoms with E-state index in [-0.39, 0.29) is 10.6 Å². The summed E-state index contributed by atoms with van der Waals surface area (Å²) in [6.45, 7) is 6.85. The molecule has 0 amide bonds. The second kappa shape index (κ2) is 9.76. The third-order valence-electron chi connectivity index (χ3n) is 5.68. The maximum Gasteiger partial charge on any atom is 0.270 e. The predicted molar refractivity (Wildman–Crippen MR) is 122 cm³/mol. The molecule has 1 fully saturated rings. The summed E-state index contributed by atoms with van der Waals surface area (Å²) in [5.41, 5.74) is 4.30. The Labute approximate surface area is 182 Å². The van der Waals surface area contributed by atoms with Crippen LogP contribution in [0, 0.1) is 17.0 Å². The molecule has 7 nitrogen and oxygen atoms in total. The van der Waals surface area contributed by atoms with Gasteiger partial charge in [0.05, 0.1) is 10.6 Å². The summed E-state index contributed by atoms with van der Waals surface area (Å²) in [4.78, 5) is 23.0. The lowest BCUT2D eigenvalue weighted by Crippen LogP contribution is -2.30. The maximum atomic E-state index is 11.3. The number of nitro benzene ring substituents is 1. The number of aromatic nitrogens is 2. The van der Waals surface area contributed by atoms with Crippen LogP contribution in [0.3, 0.4) is 0 Å². The topological polar surface area (TPSA) is 84.2 Å². The van der Waals surface area contributed by atoms with E-state index in [0.717, 1.165) is 41.2 Å². The van der Waals surface area contributed by atoms with E-state index >= 15 is 0 Å². The van der Waals surface area contributed by atoms with Gasteiger partial charge in [-0.25, -0.2) is 9.97 Å². The molecule has 3 aromatic rings. The molecule has 0 spiro atoms. The first-order chi connectivity index (χ1) is 15.1. The highest BCUT2D eigenvalue weighted by Gasteiger charge is 2.17. The van der Waals surface area contributed by atoms with Crippen LogP contribution in [0.5, 0.6) is 0 Å². The molecule has 1 N–H and O–H groups in total. The quantitative estimate of drug-likeness (QED) is 0.336. The smallest absolute Gasteiger partial charge is 0.270 e. The van der Waals surface area contributed by atoms with Gasteiger partial charge in [-0.2, -0.15) is 0 Å². The van der Waals surface area contributed by atoms with Gasteiger partial charge in [-0.05, 0) is 32.9 Å². The third-order valence-corrected chi connectivity index (χ3v) is 5.68. The molecule has 0 unspecified atom stereocenters. The molecule has 31 heavy (non-hydrogen) atoms. The van der Waals surface area contributed by atoms with Gasteiger partial charge < -0.3 is 10.2 Å². The first kappa shape index (κ1) is 21.1. The van der Waals surface area contributed by atoms with Crippen molar-refractivity contribution in [1.29, 1.82) is 0 Å². The van der Waals surface area contributed by atoms with Crippen LogP contribution in [0.1, 0.15) is 24.1 Å². The second-order valence-electron chi connectivity index (χ2n) is 7.86. The zero-order valence-corrected chi connectivity index (χ0v) is 17.8. The van der Waals surface area contributed by atoms with Crippen molar-refractivity contribution in [3.8, 4) is 22.6 Å². The fourth-order valence-corrected chi connectivity index (χ4v) is 3.99. The number of likely N-dealkylation sites (tertiary alicyclic amines) is 1. The molecule has 0 aliphatic carbocycles. The normalized spacial score (nSPS) is 14.1. The Morgan fingerprint density at radius 2 is 1.77 bits per heavy atom. The molecule has 0 saturated carbocycles. The minimum atomic E-state index is -0.371. The summed E-state index contributed by atoms with van der Waals surface area (Å²) in [6, 6.07) is 16.5. The van der Waals surface area contributed by atoms with Crippen molar-refractivity contribution in [3.63, 3.8) is 0 Å². The van der Waals surface area contributed by atoms with Gasteiger partial charge in [0.25, 0.3) is 5.69 Å². The zero-order chi connectivity index (χ0) is 21.6. The van der Waals surface area contributed by atoms with Gasteiger partial charge in [0.2, 0.25) is 0 Å². The van der Waals surface area contributed by atoms with E-state index in [9.17, 15) is 10.1 Å². The van der Waals surface area contributed by atoms with Gasteiger partial charge in [-0.1, -0.05) is 42.5 Å². The Morgan fingerprint density at radius 1 is 1.03 bits per heavy atom. The van der Waals surface area contributed by atoms with Crippen molar-refractivity contribution in [2.75, 3.05) is 26.2 Å². The molecule has 0 atom stereocenters. The largest absolute Gasteiger partial charge is 0.311 e. The van der Waals surface area contributed by atoms with Crippen molar-refractivity contribution < 1.29 is 4.92 Å². The minimum Gasteiger partial charge on any atom is -0.311 e. The number of non-ortho nitro benzene ring substituents is 1. The van der Waals surface area contributed by atoms with Crippen LogP contribution in [-0.4, -0.2) is 46.0 Å². The Kier molecular flexibility index (Phi) is 6.64. The monoisotopic (exact) mass is 417 g/mol. The van der Waals surface area contributed by atoms with E-state index in [1.54, 1.807) is 12.1 Å². The number of nitrogens with one attached hydrogen (secondary N) is 1. The van der Waals surface area contributed by atoms with Gasteiger partial charge in [0.15, 0.2) is 5.82 Å². The summed E-state index contributed by atoms with van der Waals surface area (Å²) >= 11 is 0. The molecular weight excluding hydrogens is 390 g/mol. The van der Waals surface area contributed by atoms with Crippen LogP contribution in [0.25, 0.3) is 22.6 Å². The molecule has 4 rings (SSSR count). The summed E-state index contributed by atoms with van der Waals surface area (Å²) < 4.78 is 0. The van der Waals surface area contributed by atoms with Crippen LogP contribution in [0.2, 0.25) is 0 Å². The summed E-state index contributed by atoms with van der Waals surface area (Å²) in [5.74, 6) is 0.625. The fraction of sp³-hybridized carbons (Fsp3) is 0.333. The molecule has 1 saturated heterocycles. The zero-order valence-electron chi connectivity index (χ0n) is 17.8. The maximum absolute atomic E-state index is 11.3. The molecule has 0 radical (unpaired) electrons. The lowest BCUT2D eigenvalue weighted by molar-refractivity contribution is -0.384. The number of hydrogen-bond acceptors (Lipinski definition) is 6. The van der Waals surface area contributed by atoms with E-state index in [0.29, 0.717) is 12.4 Å². The first-order valence-electron chi connectivity index (χ1n) is 10.7. The van der Waals surface area contributed by atoms with Gasteiger partial charge in [-0.3, -0.25) is 10.1 Å². The average Bonchev–Trinajstić information content (AvgIpc) is 3.31. The third kappa shape index (κ3) is 5.13. The van der Waals surface area contributed by atoms with Gasteiger partial charge in [0.1, 0.15) is 0 Å². The second-order valence-corrected chi connectivity index (χ2v) is 7.86. The summed E-state index contributed by atoms with van der Waals surface area (Å²) in [6.07, 6.45) is 2.57. The van der Waals surface area contributed by atoms with E-state index in [1.807, 2.05) is 43.3 Å². The van der Waals surface area contributed by atoms with Crippen molar-refractivity contribution in [2.45, 2.75) is 26.3 Å². The highest BCUT2D eigenvalue weighted by molar-refractivity contribution is 5.69. The van der Waals surface area contributed by atoms with Crippen LogP contribution < -0.4 is 5.32 Å². The van der Waals surface area contributed by atoms with Gasteiger partial charge in [0, 0.05) is 54.2 Å². The molecule has 7 heteroatoms. The van der Waals surface area contributed by atoms with E-state index in [1.165, 1.54) is 32.0 Å². The Morgan fingerprint density at radius 3 is 2.52 bits per heavy atom. The van der Waals surface area contributed by atoms with E-state index in [2.05, 4.69) is 10.2 Å². The summed E-state index contributed by atoms with van der Waals surface area (Å²) in [7, 11) is 0. The molecule has 160 valence electrons. The van der Waals surface area contributed by atoms with Crippen molar-refractivity contribution in [1.82, 2.24) is 20.2 Å². The molecular formula is C24H27N5O2. The Bertz CT molecular complexity index is 1050. The molecule has 0 bridgehead atoms. The standard InChI is InChI=1S/C24H27N5O2/c1-18-22(17-25-12-15-28-13-5-6-14-28)23(20-10-7-11-21(16-20)29(30)31)27-24(26-18)19-8-3-2-4-9-19/h2-4,7-11,16,25H,5-6,12-15,17H2,1H3. The Balaban J connectivity index is 1.65. The number of rotatable bonds is 8. The first-order valence-corrected chi connectivity index (χ1v) is 10.7. The fourth-order valence-electron chi connectivity index (χ4n) is 3.99. The molecule has 2 heterocycles. The summed E-state index contributed by atoms with van der Waals surface area (Å²) in [5, 5.41) is 14.8. The SMILES string of the molecule is Cc1nc(-c2ccccc2)nc(-c2cccc([N+](=O)[O-])c2)c1CNCCN1CCCC1. The van der Waals surface area contributed by atoms with Gasteiger partial charge >= 0.3 is 0 Å². The lowest BCUT2D eigenvalue weighted by Gasteiger charge is -2.17. The minimum absolute atomic E-state index is 0.0583. The van der Waals surface area contributed by atoms with Gasteiger partial charge in [-0.15, -0.1) is 0 Å². The number of nitrogens with zero attached hydrogens (tertiary/aromatic N) is 4. The van der Waals surface area contributed by atoms with Crippen LogP contribution in [0.4, 0.5) is 5.69 Å². The van der Waals surface area contributed by atoms with Crippen molar-refractivity contribution in [2.24, 2.45) is 0 Å². The Hall–Kier alpha value is -3.16. The molecule has 1 aliphatic heterocycles. The molecule has 2 aromatic carbocycles. The number of nitro groups is 1.